The fourth-order valence-corrected chi connectivity index (χ4v) is 2.16. The molecule has 112 valence electrons. The molecule has 0 atom stereocenters. The molecule has 1 aromatic heterocycles. The highest BCUT2D eigenvalue weighted by Crippen LogP contribution is 2.11. The number of aromatic nitrogens is 2. The van der Waals surface area contributed by atoms with Crippen molar-refractivity contribution in [3.63, 3.8) is 0 Å². The molecule has 0 unspecified atom stereocenters. The average molecular weight is 295 g/mol. The summed E-state index contributed by atoms with van der Waals surface area (Å²) in [6.45, 7) is 0.870. The molecule has 5 heteroatoms. The summed E-state index contributed by atoms with van der Waals surface area (Å²) in [7, 11) is 0. The summed E-state index contributed by atoms with van der Waals surface area (Å²) in [5.74, 6) is 0.751. The number of aromatic amines is 1. The average Bonchev–Trinajstić information content (AvgIpc) is 3.01. The van der Waals surface area contributed by atoms with Crippen LogP contribution in [0.5, 0.6) is 5.75 Å². The number of hydrogen-bond acceptors (Lipinski definition) is 3. The van der Waals surface area contributed by atoms with E-state index in [-0.39, 0.29) is 5.91 Å². The second-order valence-corrected chi connectivity index (χ2v) is 4.94. The van der Waals surface area contributed by atoms with Gasteiger partial charge in [0.15, 0.2) is 0 Å². The maximum atomic E-state index is 11.8. The first-order valence-corrected chi connectivity index (χ1v) is 7.18. The second kappa shape index (κ2) is 6.76. The minimum absolute atomic E-state index is 0.0272. The molecule has 0 spiro atoms. The Bertz CT molecular complexity index is 753. The number of benzene rings is 2. The molecule has 0 fully saturated rings. The first kappa shape index (κ1) is 14.1. The topological polar surface area (TPSA) is 67.0 Å². The Morgan fingerprint density at radius 3 is 2.91 bits per heavy atom. The van der Waals surface area contributed by atoms with Crippen molar-refractivity contribution in [2.45, 2.75) is 13.0 Å². The van der Waals surface area contributed by atoms with Crippen LogP contribution >= 0.6 is 0 Å². The van der Waals surface area contributed by atoms with Crippen LogP contribution in [-0.4, -0.2) is 22.5 Å². The second-order valence-electron chi connectivity index (χ2n) is 4.94. The Balaban J connectivity index is 1.43. The number of nitrogens with zero attached hydrogens (tertiary/aromatic N) is 1. The molecule has 5 nitrogen and oxygen atoms in total. The van der Waals surface area contributed by atoms with Crippen LogP contribution in [0, 0.1) is 0 Å². The van der Waals surface area contributed by atoms with Crippen LogP contribution in [0.4, 0.5) is 0 Å². The molecule has 0 radical (unpaired) electrons. The smallest absolute Gasteiger partial charge is 0.223 e. The summed E-state index contributed by atoms with van der Waals surface area (Å²) in [6, 6.07) is 15.4. The Labute approximate surface area is 128 Å². The number of hydrogen-bond donors (Lipinski definition) is 2. The van der Waals surface area contributed by atoms with E-state index in [0.717, 1.165) is 22.3 Å². The maximum Gasteiger partial charge on any atom is 0.223 e. The molecule has 0 saturated carbocycles. The molecular formula is C17H17N3O2. The number of carbonyl (C=O) groups is 1. The number of ether oxygens (including phenoxy) is 1. The fraction of sp³-hybridized carbons (Fsp3) is 0.176. The van der Waals surface area contributed by atoms with Gasteiger partial charge in [-0.15, -0.1) is 0 Å². The summed E-state index contributed by atoms with van der Waals surface area (Å²) in [5.41, 5.74) is 2.93. The summed E-state index contributed by atoms with van der Waals surface area (Å²) in [5, 5.41) is 2.89. The van der Waals surface area contributed by atoms with Gasteiger partial charge in [-0.25, -0.2) is 4.98 Å². The van der Waals surface area contributed by atoms with Crippen molar-refractivity contribution >= 4 is 16.9 Å². The lowest BCUT2D eigenvalue weighted by Gasteiger charge is -2.07. The number of rotatable bonds is 6. The zero-order valence-electron chi connectivity index (χ0n) is 12.1. The SMILES string of the molecule is O=C(CCOc1ccccc1)NCc1ccc2nc[nH]c2c1. The zero-order valence-corrected chi connectivity index (χ0v) is 12.1. The molecule has 0 aliphatic heterocycles. The van der Waals surface area contributed by atoms with Crippen molar-refractivity contribution in [2.75, 3.05) is 6.61 Å². The molecule has 3 rings (SSSR count). The molecule has 22 heavy (non-hydrogen) atoms. The van der Waals surface area contributed by atoms with Crippen molar-refractivity contribution < 1.29 is 9.53 Å². The van der Waals surface area contributed by atoms with E-state index in [1.807, 2.05) is 48.5 Å². The van der Waals surface area contributed by atoms with E-state index >= 15 is 0 Å². The van der Waals surface area contributed by atoms with Gasteiger partial charge in [-0.05, 0) is 29.8 Å². The quantitative estimate of drug-likeness (QED) is 0.734. The monoisotopic (exact) mass is 295 g/mol. The molecule has 0 saturated heterocycles. The number of carbonyl (C=O) groups excluding carboxylic acids is 1. The highest BCUT2D eigenvalue weighted by atomic mass is 16.5. The van der Waals surface area contributed by atoms with Gasteiger partial charge in [-0.1, -0.05) is 24.3 Å². The van der Waals surface area contributed by atoms with E-state index in [2.05, 4.69) is 15.3 Å². The Morgan fingerprint density at radius 1 is 1.18 bits per heavy atom. The lowest BCUT2D eigenvalue weighted by atomic mass is 10.2. The fourth-order valence-electron chi connectivity index (χ4n) is 2.16. The summed E-state index contributed by atoms with van der Waals surface area (Å²) in [4.78, 5) is 19.0. The largest absolute Gasteiger partial charge is 0.493 e. The molecule has 0 bridgehead atoms. The number of nitrogens with one attached hydrogen (secondary N) is 2. The number of fused-ring (bicyclic) bond motifs is 1. The minimum atomic E-state index is -0.0272. The van der Waals surface area contributed by atoms with Crippen LogP contribution in [0.25, 0.3) is 11.0 Å². The van der Waals surface area contributed by atoms with Crippen LogP contribution in [0.15, 0.2) is 54.9 Å². The molecule has 0 aliphatic rings. The molecule has 1 amide bonds. The number of amides is 1. The van der Waals surface area contributed by atoms with Gasteiger partial charge in [0.2, 0.25) is 5.91 Å². The van der Waals surface area contributed by atoms with Crippen molar-refractivity contribution in [3.8, 4) is 5.75 Å². The van der Waals surface area contributed by atoms with Crippen LogP contribution < -0.4 is 10.1 Å². The van der Waals surface area contributed by atoms with E-state index in [0.29, 0.717) is 19.6 Å². The lowest BCUT2D eigenvalue weighted by Crippen LogP contribution is -2.24. The van der Waals surface area contributed by atoms with E-state index in [1.165, 1.54) is 0 Å². The third-order valence-electron chi connectivity index (χ3n) is 3.32. The van der Waals surface area contributed by atoms with Crippen molar-refractivity contribution in [3.05, 3.63) is 60.4 Å². The van der Waals surface area contributed by atoms with Gasteiger partial charge in [-0.3, -0.25) is 4.79 Å². The third-order valence-corrected chi connectivity index (χ3v) is 3.32. The standard InChI is InChI=1S/C17H17N3O2/c21-17(8-9-22-14-4-2-1-3-5-14)18-11-13-6-7-15-16(10-13)20-12-19-15/h1-7,10,12H,8-9,11H2,(H,18,21)(H,19,20). The van der Waals surface area contributed by atoms with Gasteiger partial charge in [0.05, 0.1) is 30.4 Å². The molecule has 2 aromatic carbocycles. The Kier molecular flexibility index (Phi) is 4.34. The Hall–Kier alpha value is -2.82. The summed E-state index contributed by atoms with van der Waals surface area (Å²) in [6.07, 6.45) is 2.00. The molecular weight excluding hydrogens is 278 g/mol. The van der Waals surface area contributed by atoms with Gasteiger partial charge < -0.3 is 15.0 Å². The van der Waals surface area contributed by atoms with Gasteiger partial charge in [0.25, 0.3) is 0 Å². The van der Waals surface area contributed by atoms with E-state index in [4.69, 9.17) is 4.74 Å². The zero-order chi connectivity index (χ0) is 15.2. The van der Waals surface area contributed by atoms with Crippen LogP contribution in [0.2, 0.25) is 0 Å². The minimum Gasteiger partial charge on any atom is -0.493 e. The lowest BCUT2D eigenvalue weighted by molar-refractivity contribution is -0.121. The number of imidazole rings is 1. The first-order valence-electron chi connectivity index (χ1n) is 7.18. The van der Waals surface area contributed by atoms with Crippen molar-refractivity contribution in [2.24, 2.45) is 0 Å². The van der Waals surface area contributed by atoms with E-state index in [1.54, 1.807) is 6.33 Å². The van der Waals surface area contributed by atoms with Gasteiger partial charge in [0.1, 0.15) is 5.75 Å². The molecule has 2 N–H and O–H groups in total. The predicted molar refractivity (Wildman–Crippen MR) is 84.5 cm³/mol. The van der Waals surface area contributed by atoms with Gasteiger partial charge in [-0.2, -0.15) is 0 Å². The molecule has 0 aliphatic carbocycles. The molecule has 1 heterocycles. The summed E-state index contributed by atoms with van der Waals surface area (Å²) >= 11 is 0. The van der Waals surface area contributed by atoms with Crippen LogP contribution in [0.3, 0.4) is 0 Å². The third kappa shape index (κ3) is 3.63. The first-order chi connectivity index (χ1) is 10.8. The number of para-hydroxylation sites is 1. The van der Waals surface area contributed by atoms with Crippen molar-refractivity contribution in [1.82, 2.24) is 15.3 Å². The van der Waals surface area contributed by atoms with Crippen molar-refractivity contribution in [1.29, 1.82) is 0 Å². The van der Waals surface area contributed by atoms with E-state index < -0.39 is 0 Å². The summed E-state index contributed by atoms with van der Waals surface area (Å²) < 4.78 is 5.50. The maximum absolute atomic E-state index is 11.8. The van der Waals surface area contributed by atoms with E-state index in [9.17, 15) is 4.79 Å². The highest BCUT2D eigenvalue weighted by Gasteiger charge is 2.03. The predicted octanol–water partition coefficient (Wildman–Crippen LogP) is 2.65. The van der Waals surface area contributed by atoms with Crippen LogP contribution in [0.1, 0.15) is 12.0 Å². The van der Waals surface area contributed by atoms with Crippen LogP contribution in [-0.2, 0) is 11.3 Å². The van der Waals surface area contributed by atoms with Gasteiger partial charge in [0, 0.05) is 6.54 Å². The normalized spacial score (nSPS) is 10.5. The molecule has 3 aromatic rings. The van der Waals surface area contributed by atoms with Gasteiger partial charge >= 0.3 is 0 Å². The number of H-pyrrole nitrogens is 1. The highest BCUT2D eigenvalue weighted by molar-refractivity contribution is 5.77. The Morgan fingerprint density at radius 2 is 2.05 bits per heavy atom.